The summed E-state index contributed by atoms with van der Waals surface area (Å²) >= 11 is 0. The Bertz CT molecular complexity index is 418. The quantitative estimate of drug-likeness (QED) is 0.674. The summed E-state index contributed by atoms with van der Waals surface area (Å²) < 4.78 is 5.22. The third-order valence-electron chi connectivity index (χ3n) is 2.64. The Morgan fingerprint density at radius 2 is 2.38 bits per heavy atom. The van der Waals surface area contributed by atoms with Crippen molar-refractivity contribution in [3.05, 3.63) is 29.3 Å². The largest absolute Gasteiger partial charge is 0.478 e. The number of benzene rings is 1. The molecule has 0 saturated carbocycles. The van der Waals surface area contributed by atoms with Crippen molar-refractivity contribution in [1.29, 1.82) is 0 Å². The molecule has 2 atom stereocenters. The molecule has 1 aromatic carbocycles. The second-order valence-electron chi connectivity index (χ2n) is 3.77. The lowest BCUT2D eigenvalue weighted by Crippen LogP contribution is -2.24. The van der Waals surface area contributed by atoms with E-state index in [1.54, 1.807) is 18.2 Å². The number of nitrogens with two attached hydrogens (primary N) is 1. The van der Waals surface area contributed by atoms with Gasteiger partial charge in [0.05, 0.1) is 6.10 Å². The molecule has 0 aromatic heterocycles. The van der Waals surface area contributed by atoms with Gasteiger partial charge in [0.15, 0.2) is 6.10 Å². The number of aliphatic hydroxyl groups is 1. The van der Waals surface area contributed by atoms with Crippen LogP contribution in [0.1, 0.15) is 17.2 Å². The Balaban J connectivity index is 2.24. The van der Waals surface area contributed by atoms with Gasteiger partial charge in [-0.1, -0.05) is 6.07 Å². The number of rotatable bonds is 3. The first-order chi connectivity index (χ1) is 7.61. The summed E-state index contributed by atoms with van der Waals surface area (Å²) in [4.78, 5) is 10.8. The second kappa shape index (κ2) is 4.11. The summed E-state index contributed by atoms with van der Waals surface area (Å²) in [5.41, 5.74) is 6.84. The van der Waals surface area contributed by atoms with Gasteiger partial charge in [0.1, 0.15) is 5.75 Å². The van der Waals surface area contributed by atoms with Crippen molar-refractivity contribution in [2.24, 2.45) is 5.73 Å². The van der Waals surface area contributed by atoms with E-state index in [1.165, 1.54) is 0 Å². The summed E-state index contributed by atoms with van der Waals surface area (Å²) in [6.45, 7) is 0.141. The molecule has 0 aliphatic carbocycles. The van der Waals surface area contributed by atoms with Gasteiger partial charge in [-0.15, -0.1) is 0 Å². The summed E-state index contributed by atoms with van der Waals surface area (Å²) in [6.07, 6.45) is -1.20. The van der Waals surface area contributed by atoms with Gasteiger partial charge in [0.25, 0.3) is 0 Å². The van der Waals surface area contributed by atoms with Gasteiger partial charge in [-0.2, -0.15) is 0 Å². The molecule has 0 bridgehead atoms. The van der Waals surface area contributed by atoms with Crippen molar-refractivity contribution in [2.45, 2.75) is 18.6 Å². The van der Waals surface area contributed by atoms with Crippen molar-refractivity contribution in [3.8, 4) is 5.75 Å². The highest BCUT2D eigenvalue weighted by Crippen LogP contribution is 2.31. The second-order valence-corrected chi connectivity index (χ2v) is 3.77. The number of carboxylic acids is 1. The van der Waals surface area contributed by atoms with E-state index in [1.807, 2.05) is 0 Å². The van der Waals surface area contributed by atoms with E-state index in [2.05, 4.69) is 0 Å². The molecule has 2 rings (SSSR count). The van der Waals surface area contributed by atoms with E-state index in [4.69, 9.17) is 15.6 Å². The zero-order valence-electron chi connectivity index (χ0n) is 8.59. The molecule has 86 valence electrons. The number of aliphatic hydroxyl groups excluding tert-OH is 1. The average molecular weight is 223 g/mol. The average Bonchev–Trinajstić information content (AvgIpc) is 2.70. The maximum Gasteiger partial charge on any atom is 0.345 e. The normalized spacial score (nSPS) is 20.0. The first-order valence-electron chi connectivity index (χ1n) is 5.02. The zero-order valence-corrected chi connectivity index (χ0v) is 8.59. The van der Waals surface area contributed by atoms with E-state index < -0.39 is 18.2 Å². The number of carboxylic acid groups (broad SMARTS) is 1. The Hall–Kier alpha value is -1.59. The molecule has 1 heterocycles. The van der Waals surface area contributed by atoms with Crippen LogP contribution in [0.5, 0.6) is 5.75 Å². The Morgan fingerprint density at radius 1 is 1.62 bits per heavy atom. The molecule has 1 aliphatic heterocycles. The predicted molar refractivity (Wildman–Crippen MR) is 56.2 cm³/mol. The maximum atomic E-state index is 10.8. The topological polar surface area (TPSA) is 92.8 Å². The third kappa shape index (κ3) is 1.87. The molecule has 1 aromatic rings. The standard InChI is InChI=1S/C11H13NO4/c12-5-8(13)6-1-2-9-7(3-6)4-10(16-9)11(14)15/h1-3,8,10,13H,4-5,12H2,(H,14,15). The molecule has 2 unspecified atom stereocenters. The lowest BCUT2D eigenvalue weighted by Gasteiger charge is -2.08. The van der Waals surface area contributed by atoms with Crippen LogP contribution in [0.2, 0.25) is 0 Å². The molecule has 5 nitrogen and oxygen atoms in total. The zero-order chi connectivity index (χ0) is 11.7. The van der Waals surface area contributed by atoms with Gasteiger partial charge >= 0.3 is 5.97 Å². The summed E-state index contributed by atoms with van der Waals surface area (Å²) in [6, 6.07) is 5.11. The third-order valence-corrected chi connectivity index (χ3v) is 2.64. The van der Waals surface area contributed by atoms with Crippen LogP contribution in [-0.2, 0) is 11.2 Å². The summed E-state index contributed by atoms with van der Waals surface area (Å²) in [5, 5.41) is 18.4. The van der Waals surface area contributed by atoms with Crippen LogP contribution in [0, 0.1) is 0 Å². The lowest BCUT2D eigenvalue weighted by molar-refractivity contribution is -0.144. The van der Waals surface area contributed by atoms with Crippen LogP contribution in [0.4, 0.5) is 0 Å². The first kappa shape index (κ1) is 10.9. The molecule has 5 heteroatoms. The molecule has 1 aliphatic rings. The SMILES string of the molecule is NCC(O)c1ccc2c(c1)CC(C(=O)O)O2. The van der Waals surface area contributed by atoms with E-state index in [0.717, 1.165) is 5.56 Å². The maximum absolute atomic E-state index is 10.8. The van der Waals surface area contributed by atoms with E-state index in [0.29, 0.717) is 17.7 Å². The highest BCUT2D eigenvalue weighted by atomic mass is 16.5. The monoisotopic (exact) mass is 223 g/mol. The molecule has 0 spiro atoms. The molecule has 0 fully saturated rings. The molecule has 4 N–H and O–H groups in total. The molecular weight excluding hydrogens is 210 g/mol. The van der Waals surface area contributed by atoms with Crippen molar-refractivity contribution in [3.63, 3.8) is 0 Å². The van der Waals surface area contributed by atoms with Crippen LogP contribution >= 0.6 is 0 Å². The van der Waals surface area contributed by atoms with Gasteiger partial charge in [-0.05, 0) is 23.3 Å². The van der Waals surface area contributed by atoms with E-state index in [9.17, 15) is 9.90 Å². The van der Waals surface area contributed by atoms with Gasteiger partial charge in [-0.3, -0.25) is 0 Å². The van der Waals surface area contributed by atoms with Crippen LogP contribution < -0.4 is 10.5 Å². The van der Waals surface area contributed by atoms with Crippen molar-refractivity contribution >= 4 is 5.97 Å². The predicted octanol–water partition coefficient (Wildman–Crippen LogP) is 0.0668. The highest BCUT2D eigenvalue weighted by Gasteiger charge is 2.29. The fraction of sp³-hybridized carbons (Fsp3) is 0.364. The van der Waals surface area contributed by atoms with E-state index >= 15 is 0 Å². The molecule has 0 radical (unpaired) electrons. The van der Waals surface area contributed by atoms with Crippen LogP contribution in [0.25, 0.3) is 0 Å². The molecule has 0 saturated heterocycles. The first-order valence-corrected chi connectivity index (χ1v) is 5.02. The van der Waals surface area contributed by atoms with Crippen molar-refractivity contribution in [1.82, 2.24) is 0 Å². The van der Waals surface area contributed by atoms with Crippen molar-refractivity contribution < 1.29 is 19.7 Å². The Kier molecular flexibility index (Phi) is 2.80. The summed E-state index contributed by atoms with van der Waals surface area (Å²) in [5.74, 6) is -0.405. The van der Waals surface area contributed by atoms with Crippen LogP contribution in [0.3, 0.4) is 0 Å². The minimum absolute atomic E-state index is 0.141. The van der Waals surface area contributed by atoms with Crippen LogP contribution in [-0.4, -0.2) is 28.8 Å². The number of aliphatic carboxylic acids is 1. The molecule has 0 amide bonds. The number of fused-ring (bicyclic) bond motifs is 1. The minimum atomic E-state index is -0.975. The summed E-state index contributed by atoms with van der Waals surface area (Å²) in [7, 11) is 0. The smallest absolute Gasteiger partial charge is 0.345 e. The molecule has 16 heavy (non-hydrogen) atoms. The fourth-order valence-electron chi connectivity index (χ4n) is 1.75. The number of hydrogen-bond donors (Lipinski definition) is 3. The number of ether oxygens (including phenoxy) is 1. The highest BCUT2D eigenvalue weighted by molar-refractivity contribution is 5.74. The Labute approximate surface area is 92.5 Å². The van der Waals surface area contributed by atoms with Gasteiger partial charge in [-0.25, -0.2) is 4.79 Å². The van der Waals surface area contributed by atoms with Gasteiger partial charge < -0.3 is 20.7 Å². The number of carbonyl (C=O) groups is 1. The van der Waals surface area contributed by atoms with Crippen LogP contribution in [0.15, 0.2) is 18.2 Å². The number of hydrogen-bond acceptors (Lipinski definition) is 4. The van der Waals surface area contributed by atoms with E-state index in [-0.39, 0.29) is 6.54 Å². The molecular formula is C11H13NO4. The van der Waals surface area contributed by atoms with Gasteiger partial charge in [0.2, 0.25) is 0 Å². The minimum Gasteiger partial charge on any atom is -0.478 e. The Morgan fingerprint density at radius 3 is 3.00 bits per heavy atom. The van der Waals surface area contributed by atoms with Crippen molar-refractivity contribution in [2.75, 3.05) is 6.54 Å². The fourth-order valence-corrected chi connectivity index (χ4v) is 1.75. The lowest BCUT2D eigenvalue weighted by atomic mass is 10.0. The van der Waals surface area contributed by atoms with Gasteiger partial charge in [0, 0.05) is 13.0 Å².